The van der Waals surface area contributed by atoms with Gasteiger partial charge in [0.2, 0.25) is 0 Å². The van der Waals surface area contributed by atoms with E-state index in [-0.39, 0.29) is 0 Å². The molecule has 0 heterocycles. The van der Waals surface area contributed by atoms with Crippen LogP contribution in [0, 0.1) is 0 Å². The van der Waals surface area contributed by atoms with Crippen LogP contribution in [0.25, 0.3) is 0 Å². The molecule has 0 rings (SSSR count). The van der Waals surface area contributed by atoms with Crippen LogP contribution in [0.1, 0.15) is 0 Å². The molecule has 0 aliphatic carbocycles. The Morgan fingerprint density at radius 1 is 1.64 bits per heavy atom. The molecular weight excluding hydrogens is 210 g/mol. The summed E-state index contributed by atoms with van der Waals surface area (Å²) < 4.78 is 34.3. The standard InChI is InChI=1S/C7H13NO5S/c1-4-7(9)13-6(8(2)3)5-14(10,11)12/h4,6H,1,5H2,2-3H3,(H,10,11,12). The summed E-state index contributed by atoms with van der Waals surface area (Å²) in [5.74, 6) is -1.41. The van der Waals surface area contributed by atoms with Crippen LogP contribution in [0.4, 0.5) is 0 Å². The molecule has 0 saturated carbocycles. The topological polar surface area (TPSA) is 83.9 Å². The van der Waals surface area contributed by atoms with Crippen molar-refractivity contribution in [3.05, 3.63) is 12.7 Å². The highest BCUT2D eigenvalue weighted by atomic mass is 32.2. The maximum absolute atomic E-state index is 10.8. The summed E-state index contributed by atoms with van der Waals surface area (Å²) >= 11 is 0. The Hall–Kier alpha value is -0.920. The van der Waals surface area contributed by atoms with Gasteiger partial charge in [0.05, 0.1) is 0 Å². The molecule has 0 aromatic heterocycles. The Morgan fingerprint density at radius 3 is 2.43 bits per heavy atom. The van der Waals surface area contributed by atoms with E-state index in [1.807, 2.05) is 0 Å². The quantitative estimate of drug-likeness (QED) is 0.292. The van der Waals surface area contributed by atoms with Crippen LogP contribution >= 0.6 is 0 Å². The van der Waals surface area contributed by atoms with Gasteiger partial charge >= 0.3 is 5.97 Å². The Balaban J connectivity index is 4.46. The van der Waals surface area contributed by atoms with Gasteiger partial charge in [-0.3, -0.25) is 9.45 Å². The Kier molecular flexibility index (Phi) is 4.75. The third kappa shape index (κ3) is 5.68. The van der Waals surface area contributed by atoms with Gasteiger partial charge in [0, 0.05) is 6.08 Å². The predicted molar refractivity (Wildman–Crippen MR) is 50.2 cm³/mol. The van der Waals surface area contributed by atoms with Crippen LogP contribution in [0.5, 0.6) is 0 Å². The second-order valence-corrected chi connectivity index (χ2v) is 4.31. The zero-order valence-corrected chi connectivity index (χ0v) is 8.82. The second kappa shape index (κ2) is 5.08. The summed E-state index contributed by atoms with van der Waals surface area (Å²) in [5.41, 5.74) is 0. The predicted octanol–water partition coefficient (Wildman–Crippen LogP) is -0.509. The number of nitrogens with zero attached hydrogens (tertiary/aromatic N) is 1. The van der Waals surface area contributed by atoms with E-state index in [1.54, 1.807) is 0 Å². The first-order valence-corrected chi connectivity index (χ1v) is 5.32. The van der Waals surface area contributed by atoms with Crippen LogP contribution < -0.4 is 0 Å². The molecule has 6 nitrogen and oxygen atoms in total. The number of carbonyl (C=O) groups is 1. The first-order valence-electron chi connectivity index (χ1n) is 3.71. The van der Waals surface area contributed by atoms with E-state index in [9.17, 15) is 13.2 Å². The van der Waals surface area contributed by atoms with Gasteiger partial charge in [-0.25, -0.2) is 4.79 Å². The lowest BCUT2D eigenvalue weighted by molar-refractivity contribution is -0.148. The fourth-order valence-electron chi connectivity index (χ4n) is 0.651. The molecule has 0 spiro atoms. The summed E-state index contributed by atoms with van der Waals surface area (Å²) in [5, 5.41) is 0. The van der Waals surface area contributed by atoms with Crippen molar-refractivity contribution >= 4 is 16.1 Å². The fraction of sp³-hybridized carbons (Fsp3) is 0.571. The monoisotopic (exact) mass is 223 g/mol. The van der Waals surface area contributed by atoms with Crippen LogP contribution in [0.2, 0.25) is 0 Å². The number of hydrogen-bond donors (Lipinski definition) is 1. The molecule has 1 N–H and O–H groups in total. The molecule has 14 heavy (non-hydrogen) atoms. The average molecular weight is 223 g/mol. The van der Waals surface area contributed by atoms with Gasteiger partial charge < -0.3 is 4.74 Å². The third-order valence-electron chi connectivity index (χ3n) is 1.35. The zero-order valence-electron chi connectivity index (χ0n) is 8.00. The van der Waals surface area contributed by atoms with E-state index in [4.69, 9.17) is 4.55 Å². The van der Waals surface area contributed by atoms with Gasteiger partial charge in [-0.15, -0.1) is 0 Å². The normalized spacial score (nSPS) is 13.7. The summed E-state index contributed by atoms with van der Waals surface area (Å²) in [6.07, 6.45) is -0.101. The molecule has 0 aromatic carbocycles. The lowest BCUT2D eigenvalue weighted by Crippen LogP contribution is -2.38. The van der Waals surface area contributed by atoms with E-state index < -0.39 is 28.1 Å². The van der Waals surface area contributed by atoms with Gasteiger partial charge in [0.25, 0.3) is 10.1 Å². The highest BCUT2D eigenvalue weighted by Crippen LogP contribution is 2.01. The van der Waals surface area contributed by atoms with Crippen LogP contribution in [0.3, 0.4) is 0 Å². The minimum absolute atomic E-state index is 0.667. The van der Waals surface area contributed by atoms with Crippen molar-refractivity contribution in [2.45, 2.75) is 6.23 Å². The number of esters is 1. The molecule has 0 aromatic rings. The molecule has 1 unspecified atom stereocenters. The molecule has 0 fully saturated rings. The summed E-state index contributed by atoms with van der Waals surface area (Å²) in [6.45, 7) is 3.16. The number of rotatable bonds is 5. The number of ether oxygens (including phenoxy) is 1. The van der Waals surface area contributed by atoms with E-state index >= 15 is 0 Å². The first kappa shape index (κ1) is 13.1. The molecule has 82 valence electrons. The van der Waals surface area contributed by atoms with Gasteiger partial charge in [-0.1, -0.05) is 6.58 Å². The van der Waals surface area contributed by atoms with E-state index in [0.717, 1.165) is 6.08 Å². The summed E-state index contributed by atoms with van der Waals surface area (Å²) in [4.78, 5) is 12.1. The summed E-state index contributed by atoms with van der Waals surface area (Å²) in [6, 6.07) is 0. The lowest BCUT2D eigenvalue weighted by Gasteiger charge is -2.22. The first-order chi connectivity index (χ1) is 6.26. The Labute approximate surface area is 82.9 Å². The van der Waals surface area contributed by atoms with Gasteiger partial charge in [0.15, 0.2) is 6.23 Å². The lowest BCUT2D eigenvalue weighted by atomic mass is 10.5. The second-order valence-electron chi connectivity index (χ2n) is 2.81. The van der Waals surface area contributed by atoms with Crippen molar-refractivity contribution in [1.82, 2.24) is 4.90 Å². The minimum atomic E-state index is -4.18. The summed E-state index contributed by atoms with van der Waals surface area (Å²) in [7, 11) is -1.14. The van der Waals surface area contributed by atoms with E-state index in [2.05, 4.69) is 11.3 Å². The van der Waals surface area contributed by atoms with Crippen molar-refractivity contribution in [3.8, 4) is 0 Å². The molecule has 7 heteroatoms. The average Bonchev–Trinajstić information content (AvgIpc) is 2.00. The highest BCUT2D eigenvalue weighted by molar-refractivity contribution is 7.85. The van der Waals surface area contributed by atoms with E-state index in [0.29, 0.717) is 0 Å². The molecule has 1 atom stereocenters. The van der Waals surface area contributed by atoms with Crippen molar-refractivity contribution in [2.24, 2.45) is 0 Å². The van der Waals surface area contributed by atoms with Crippen molar-refractivity contribution in [2.75, 3.05) is 19.8 Å². The molecule has 0 amide bonds. The molecule has 0 aliphatic heterocycles. The minimum Gasteiger partial charge on any atom is -0.442 e. The van der Waals surface area contributed by atoms with Gasteiger partial charge in [-0.2, -0.15) is 8.42 Å². The smallest absolute Gasteiger partial charge is 0.331 e. The SMILES string of the molecule is C=CC(=O)OC(CS(=O)(=O)O)N(C)C. The van der Waals surface area contributed by atoms with Crippen molar-refractivity contribution in [3.63, 3.8) is 0 Å². The zero-order chi connectivity index (χ0) is 11.4. The molecule has 0 radical (unpaired) electrons. The molecule has 0 saturated heterocycles. The van der Waals surface area contributed by atoms with Gasteiger partial charge in [-0.05, 0) is 14.1 Å². The Morgan fingerprint density at radius 2 is 2.14 bits per heavy atom. The maximum atomic E-state index is 10.8. The van der Waals surface area contributed by atoms with Crippen molar-refractivity contribution in [1.29, 1.82) is 0 Å². The molecular formula is C7H13NO5S. The van der Waals surface area contributed by atoms with Crippen LogP contribution in [-0.2, 0) is 19.6 Å². The fourth-order valence-corrected chi connectivity index (χ4v) is 1.38. The largest absolute Gasteiger partial charge is 0.442 e. The van der Waals surface area contributed by atoms with Crippen molar-refractivity contribution < 1.29 is 22.5 Å². The maximum Gasteiger partial charge on any atom is 0.331 e. The third-order valence-corrected chi connectivity index (χ3v) is 2.05. The van der Waals surface area contributed by atoms with Gasteiger partial charge in [0.1, 0.15) is 5.75 Å². The number of carbonyl (C=O) groups excluding carboxylic acids is 1. The Bertz CT molecular complexity index is 308. The number of hydrogen-bond acceptors (Lipinski definition) is 5. The molecule has 0 bridgehead atoms. The highest BCUT2D eigenvalue weighted by Gasteiger charge is 2.21. The van der Waals surface area contributed by atoms with E-state index in [1.165, 1.54) is 19.0 Å². The molecule has 0 aliphatic rings. The van der Waals surface area contributed by atoms with Crippen LogP contribution in [-0.4, -0.2) is 49.9 Å². The van der Waals surface area contributed by atoms with Crippen LogP contribution in [0.15, 0.2) is 12.7 Å².